The van der Waals surface area contributed by atoms with Crippen LogP contribution in [0.2, 0.25) is 0 Å². The maximum atomic E-state index is 13.7. The van der Waals surface area contributed by atoms with E-state index < -0.39 is 11.4 Å². The average molecular weight is 363 g/mol. The molecule has 0 N–H and O–H groups in total. The van der Waals surface area contributed by atoms with Crippen LogP contribution in [0.3, 0.4) is 0 Å². The minimum absolute atomic E-state index is 0.00741. The fourth-order valence-corrected chi connectivity index (χ4v) is 4.06. The second kappa shape index (κ2) is 6.89. The lowest BCUT2D eigenvalue weighted by molar-refractivity contribution is 0.00254. The highest BCUT2D eigenvalue weighted by Gasteiger charge is 2.46. The minimum atomic E-state index is -0.540. The Balaban J connectivity index is 1.73. The van der Waals surface area contributed by atoms with Gasteiger partial charge in [0.05, 0.1) is 7.11 Å². The number of hydrogen-bond acceptors (Lipinski definition) is 4. The zero-order valence-corrected chi connectivity index (χ0v) is 15.8. The van der Waals surface area contributed by atoms with Crippen molar-refractivity contribution < 1.29 is 23.5 Å². The number of halogens is 1. The number of methoxy groups -OCH3 is 1. The predicted molar refractivity (Wildman–Crippen MR) is 94.9 cm³/mol. The summed E-state index contributed by atoms with van der Waals surface area (Å²) in [6, 6.07) is 4.10. The van der Waals surface area contributed by atoms with Crippen LogP contribution in [-0.2, 0) is 4.74 Å². The van der Waals surface area contributed by atoms with Gasteiger partial charge in [-0.2, -0.15) is 0 Å². The first-order valence-corrected chi connectivity index (χ1v) is 9.08. The van der Waals surface area contributed by atoms with E-state index in [2.05, 4.69) is 0 Å². The Kier molecular flexibility index (Phi) is 4.95. The van der Waals surface area contributed by atoms with E-state index in [9.17, 15) is 14.0 Å². The van der Waals surface area contributed by atoms with E-state index in [1.807, 2.05) is 20.8 Å². The summed E-state index contributed by atoms with van der Waals surface area (Å²) in [4.78, 5) is 27.2. The molecule has 1 amide bonds. The number of ketones is 1. The molecule has 2 bridgehead atoms. The molecule has 142 valence electrons. The first-order chi connectivity index (χ1) is 12.2. The first kappa shape index (κ1) is 18.7. The molecule has 2 aliphatic heterocycles. The highest BCUT2D eigenvalue weighted by molar-refractivity contribution is 5.98. The molecular formula is C20H26FNO4. The van der Waals surface area contributed by atoms with Crippen molar-refractivity contribution in [3.63, 3.8) is 0 Å². The molecule has 2 atom stereocenters. The van der Waals surface area contributed by atoms with Gasteiger partial charge in [0, 0.05) is 29.6 Å². The maximum absolute atomic E-state index is 13.7. The second-order valence-electron chi connectivity index (χ2n) is 8.18. The summed E-state index contributed by atoms with van der Waals surface area (Å²) in [5.74, 6) is -0.439. The van der Waals surface area contributed by atoms with Gasteiger partial charge in [-0.25, -0.2) is 9.18 Å². The fourth-order valence-electron chi connectivity index (χ4n) is 4.06. The SMILES string of the molecule is COc1cc(F)cc(C(=O)C2CC3CCC(C2)N3C(=O)OC(C)(C)C)c1. The summed E-state index contributed by atoms with van der Waals surface area (Å²) in [5, 5.41) is 0. The number of hydrogen-bond donors (Lipinski definition) is 0. The van der Waals surface area contributed by atoms with Crippen LogP contribution in [0.1, 0.15) is 56.8 Å². The largest absolute Gasteiger partial charge is 0.497 e. The molecule has 3 rings (SSSR count). The number of ether oxygens (including phenoxy) is 2. The fraction of sp³-hybridized carbons (Fsp3) is 0.600. The summed E-state index contributed by atoms with van der Waals surface area (Å²) in [6.45, 7) is 5.54. The molecule has 2 heterocycles. The van der Waals surface area contributed by atoms with Crippen LogP contribution in [0.15, 0.2) is 18.2 Å². The Morgan fingerprint density at radius 3 is 2.27 bits per heavy atom. The minimum Gasteiger partial charge on any atom is -0.497 e. The van der Waals surface area contributed by atoms with E-state index in [4.69, 9.17) is 9.47 Å². The Morgan fingerprint density at radius 2 is 1.73 bits per heavy atom. The van der Waals surface area contributed by atoms with Gasteiger partial charge in [0.15, 0.2) is 5.78 Å². The molecule has 2 fully saturated rings. The Hall–Kier alpha value is -2.11. The van der Waals surface area contributed by atoms with Gasteiger partial charge >= 0.3 is 6.09 Å². The zero-order chi connectivity index (χ0) is 19.1. The summed E-state index contributed by atoms with van der Waals surface area (Å²) in [5.41, 5.74) is -0.210. The van der Waals surface area contributed by atoms with Crippen molar-refractivity contribution in [2.45, 2.75) is 64.1 Å². The molecule has 0 spiro atoms. The predicted octanol–water partition coefficient (Wildman–Crippen LogP) is 4.20. The van der Waals surface area contributed by atoms with Gasteiger partial charge in [0.25, 0.3) is 0 Å². The van der Waals surface area contributed by atoms with Crippen molar-refractivity contribution in [2.75, 3.05) is 7.11 Å². The molecule has 2 aliphatic rings. The highest BCUT2D eigenvalue weighted by Crippen LogP contribution is 2.40. The third-order valence-electron chi connectivity index (χ3n) is 5.10. The molecule has 0 aliphatic carbocycles. The van der Waals surface area contributed by atoms with Crippen LogP contribution < -0.4 is 4.74 Å². The molecule has 0 aromatic heterocycles. The number of rotatable bonds is 3. The van der Waals surface area contributed by atoms with E-state index in [0.29, 0.717) is 24.2 Å². The number of benzene rings is 1. The molecule has 5 nitrogen and oxygen atoms in total. The standard InChI is InChI=1S/C20H26FNO4/c1-20(2,3)26-19(24)22-15-5-6-16(22)9-13(8-15)18(23)12-7-14(21)11-17(10-12)25-4/h7,10-11,13,15-16H,5-6,8-9H2,1-4H3. The van der Waals surface area contributed by atoms with Gasteiger partial charge in [-0.05, 0) is 58.6 Å². The lowest BCUT2D eigenvalue weighted by atomic mass is 9.85. The van der Waals surface area contributed by atoms with Crippen molar-refractivity contribution in [1.82, 2.24) is 4.90 Å². The first-order valence-electron chi connectivity index (χ1n) is 9.08. The van der Waals surface area contributed by atoms with E-state index in [1.54, 1.807) is 11.0 Å². The van der Waals surface area contributed by atoms with Crippen molar-refractivity contribution >= 4 is 11.9 Å². The van der Waals surface area contributed by atoms with Gasteiger partial charge in [-0.1, -0.05) is 0 Å². The lowest BCUT2D eigenvalue weighted by Crippen LogP contribution is -2.49. The number of Topliss-reactive ketones (excluding diaryl/α,β-unsaturated/α-hetero) is 1. The van der Waals surface area contributed by atoms with Gasteiger partial charge in [-0.3, -0.25) is 4.79 Å². The number of fused-ring (bicyclic) bond motifs is 2. The molecule has 2 unspecified atom stereocenters. The summed E-state index contributed by atoms with van der Waals surface area (Å²) >= 11 is 0. The van der Waals surface area contributed by atoms with Gasteiger partial charge < -0.3 is 14.4 Å². The molecule has 1 aromatic rings. The maximum Gasteiger partial charge on any atom is 0.410 e. The normalized spacial score (nSPS) is 25.1. The van der Waals surface area contributed by atoms with Crippen molar-refractivity contribution in [2.24, 2.45) is 5.92 Å². The average Bonchev–Trinajstić information content (AvgIpc) is 2.82. The molecule has 0 saturated carbocycles. The van der Waals surface area contributed by atoms with E-state index >= 15 is 0 Å². The molecule has 1 aromatic carbocycles. The molecule has 0 radical (unpaired) electrons. The van der Waals surface area contributed by atoms with E-state index in [1.165, 1.54) is 19.2 Å². The second-order valence-corrected chi connectivity index (χ2v) is 8.18. The van der Waals surface area contributed by atoms with Crippen LogP contribution in [-0.4, -0.2) is 41.6 Å². The molecule has 26 heavy (non-hydrogen) atoms. The van der Waals surface area contributed by atoms with Gasteiger partial charge in [0.2, 0.25) is 0 Å². The molecular weight excluding hydrogens is 337 g/mol. The number of amides is 1. The lowest BCUT2D eigenvalue weighted by Gasteiger charge is -2.39. The monoisotopic (exact) mass is 363 g/mol. The van der Waals surface area contributed by atoms with Crippen LogP contribution in [0.25, 0.3) is 0 Å². The van der Waals surface area contributed by atoms with Crippen molar-refractivity contribution in [1.29, 1.82) is 0 Å². The third-order valence-corrected chi connectivity index (χ3v) is 5.10. The van der Waals surface area contributed by atoms with Gasteiger partial charge in [-0.15, -0.1) is 0 Å². The number of piperidine rings is 1. The third kappa shape index (κ3) is 3.84. The summed E-state index contributed by atoms with van der Waals surface area (Å²) in [7, 11) is 1.45. The topological polar surface area (TPSA) is 55.8 Å². The Morgan fingerprint density at radius 1 is 1.12 bits per heavy atom. The van der Waals surface area contributed by atoms with Crippen LogP contribution in [0.4, 0.5) is 9.18 Å². The number of nitrogens with zero attached hydrogens (tertiary/aromatic N) is 1. The Bertz CT molecular complexity index is 698. The van der Waals surface area contributed by atoms with Crippen LogP contribution in [0, 0.1) is 11.7 Å². The van der Waals surface area contributed by atoms with Crippen molar-refractivity contribution in [3.05, 3.63) is 29.6 Å². The van der Waals surface area contributed by atoms with E-state index in [0.717, 1.165) is 12.8 Å². The number of carbonyl (C=O) groups is 2. The zero-order valence-electron chi connectivity index (χ0n) is 15.8. The van der Waals surface area contributed by atoms with Gasteiger partial charge in [0.1, 0.15) is 17.2 Å². The Labute approximate surface area is 153 Å². The smallest absolute Gasteiger partial charge is 0.410 e. The quantitative estimate of drug-likeness (QED) is 0.756. The summed E-state index contributed by atoms with van der Waals surface area (Å²) < 4.78 is 24.3. The highest BCUT2D eigenvalue weighted by atomic mass is 19.1. The van der Waals surface area contributed by atoms with Crippen LogP contribution in [0.5, 0.6) is 5.75 Å². The number of carbonyl (C=O) groups excluding carboxylic acids is 2. The molecule has 2 saturated heterocycles. The van der Waals surface area contributed by atoms with Crippen LogP contribution >= 0.6 is 0 Å². The summed E-state index contributed by atoms with van der Waals surface area (Å²) in [6.07, 6.45) is 2.63. The molecule has 6 heteroatoms. The van der Waals surface area contributed by atoms with Crippen molar-refractivity contribution in [3.8, 4) is 5.75 Å². The van der Waals surface area contributed by atoms with E-state index in [-0.39, 0.29) is 29.9 Å².